The Hall–Kier alpha value is 0.251. The highest BCUT2D eigenvalue weighted by atomic mass is 28.5. The van der Waals surface area contributed by atoms with E-state index >= 15 is 0 Å². The average Bonchev–Trinajstić information content (AvgIpc) is 2.87. The summed E-state index contributed by atoms with van der Waals surface area (Å²) in [7, 11) is -11.5. The molecule has 0 spiro atoms. The van der Waals surface area contributed by atoms with Crippen molar-refractivity contribution in [3.8, 4) is 0 Å². The van der Waals surface area contributed by atoms with Crippen molar-refractivity contribution >= 4 is 26.4 Å². The Morgan fingerprint density at radius 3 is 0.925 bits per heavy atom. The molecule has 0 aliphatic carbocycles. The van der Waals surface area contributed by atoms with Gasteiger partial charge in [-0.1, -0.05) is 13.8 Å². The Morgan fingerprint density at radius 1 is 0.475 bits per heavy atom. The molecular formula is C27H63NO9Si3. The lowest BCUT2D eigenvalue weighted by Gasteiger charge is -2.56. The highest BCUT2D eigenvalue weighted by Gasteiger charge is 2.89. The molecule has 0 amide bonds. The van der Waals surface area contributed by atoms with E-state index in [4.69, 9.17) is 39.8 Å². The first-order valence-corrected chi connectivity index (χ1v) is 20.8. The van der Waals surface area contributed by atoms with E-state index in [1.54, 1.807) is 0 Å². The van der Waals surface area contributed by atoms with Gasteiger partial charge in [0.15, 0.2) is 4.28 Å². The number of hydrogen-bond donors (Lipinski definition) is 1. The van der Waals surface area contributed by atoms with Gasteiger partial charge in [-0.25, -0.2) is 0 Å². The van der Waals surface area contributed by atoms with Crippen molar-refractivity contribution in [2.45, 2.75) is 106 Å². The third-order valence-corrected chi connectivity index (χ3v) is 21.8. The minimum atomic E-state index is -3.84. The Morgan fingerprint density at radius 2 is 0.725 bits per heavy atom. The topological polar surface area (TPSA) is 95.1 Å². The van der Waals surface area contributed by atoms with Crippen LogP contribution in [0.3, 0.4) is 0 Å². The maximum Gasteiger partial charge on any atom is 0.516 e. The first-order valence-electron chi connectivity index (χ1n) is 15.6. The van der Waals surface area contributed by atoms with Gasteiger partial charge in [0.2, 0.25) is 0 Å². The molecule has 0 aromatic heterocycles. The highest BCUT2D eigenvalue weighted by molar-refractivity contribution is 7.02. The van der Waals surface area contributed by atoms with Crippen LogP contribution in [0.4, 0.5) is 0 Å². The van der Waals surface area contributed by atoms with Gasteiger partial charge in [0.25, 0.3) is 0 Å². The number of hydrogen-bond acceptors (Lipinski definition) is 10. The van der Waals surface area contributed by atoms with Gasteiger partial charge in [0, 0.05) is 65.5 Å². The third-order valence-electron chi connectivity index (χ3n) is 6.40. The maximum absolute atomic E-state index is 6.74. The first-order chi connectivity index (χ1) is 19.1. The van der Waals surface area contributed by atoms with E-state index < -0.39 is 30.7 Å². The molecule has 0 saturated heterocycles. The third kappa shape index (κ3) is 9.63. The quantitative estimate of drug-likeness (QED) is 0.120. The fourth-order valence-electron chi connectivity index (χ4n) is 5.51. The van der Waals surface area contributed by atoms with Crippen molar-refractivity contribution in [2.75, 3.05) is 66.0 Å². The van der Waals surface area contributed by atoms with Gasteiger partial charge in [0.1, 0.15) is 0 Å². The average molecular weight is 630 g/mol. The summed E-state index contributed by atoms with van der Waals surface area (Å²) in [6.07, 6.45) is 1.48. The molecular weight excluding hydrogens is 567 g/mol. The second-order valence-corrected chi connectivity index (χ2v) is 19.7. The summed E-state index contributed by atoms with van der Waals surface area (Å²) in [5.74, 6) is 0.559. The molecule has 0 heterocycles. The van der Waals surface area contributed by atoms with Crippen molar-refractivity contribution in [3.63, 3.8) is 0 Å². The molecule has 0 rings (SSSR count). The van der Waals surface area contributed by atoms with Crippen LogP contribution in [-0.4, -0.2) is 98.5 Å². The Balaban J connectivity index is 8.03. The number of rotatable bonds is 27. The maximum atomic E-state index is 6.74. The second kappa shape index (κ2) is 21.0. The fraction of sp³-hybridized carbons (Fsp3) is 1.00. The first kappa shape index (κ1) is 40.3. The van der Waals surface area contributed by atoms with Crippen LogP contribution in [-0.2, 0) is 39.8 Å². The molecule has 40 heavy (non-hydrogen) atoms. The summed E-state index contributed by atoms with van der Waals surface area (Å²) < 4.78 is 59.5. The molecule has 0 saturated carbocycles. The highest BCUT2D eigenvalue weighted by Crippen LogP contribution is 2.59. The lowest BCUT2D eigenvalue weighted by Crippen LogP contribution is -2.82. The Labute approximate surface area is 249 Å². The van der Waals surface area contributed by atoms with Crippen molar-refractivity contribution in [1.82, 2.24) is 5.32 Å². The largest absolute Gasteiger partial charge is 0.516 e. The smallest absolute Gasteiger partial charge is 0.373 e. The zero-order valence-electron chi connectivity index (χ0n) is 27.8. The molecule has 0 aliphatic rings. The van der Waals surface area contributed by atoms with Gasteiger partial charge in [-0.15, -0.1) is 0 Å². The molecule has 1 atom stereocenters. The second-order valence-electron chi connectivity index (χ2n) is 9.71. The van der Waals surface area contributed by atoms with E-state index in [2.05, 4.69) is 26.1 Å². The van der Waals surface area contributed by atoms with E-state index in [1.807, 2.05) is 62.3 Å². The van der Waals surface area contributed by atoms with Crippen LogP contribution in [0, 0.1) is 5.92 Å². The predicted molar refractivity (Wildman–Crippen MR) is 166 cm³/mol. The van der Waals surface area contributed by atoms with E-state index in [0.717, 1.165) is 6.42 Å². The summed E-state index contributed by atoms with van der Waals surface area (Å²) >= 11 is 0. The van der Waals surface area contributed by atoms with Crippen LogP contribution in [0.1, 0.15) is 95.9 Å². The van der Waals surface area contributed by atoms with Crippen LogP contribution >= 0.6 is 0 Å². The fourth-order valence-corrected chi connectivity index (χ4v) is 21.6. The van der Waals surface area contributed by atoms with Gasteiger partial charge in [-0.2, -0.15) is 0 Å². The molecule has 0 fully saturated rings. The predicted octanol–water partition coefficient (Wildman–Crippen LogP) is 5.36. The van der Waals surface area contributed by atoms with E-state index in [1.165, 1.54) is 0 Å². The van der Waals surface area contributed by atoms with Crippen molar-refractivity contribution < 1.29 is 39.8 Å². The van der Waals surface area contributed by atoms with Gasteiger partial charge >= 0.3 is 26.4 Å². The summed E-state index contributed by atoms with van der Waals surface area (Å²) in [4.78, 5) is 0. The van der Waals surface area contributed by atoms with Gasteiger partial charge in [-0.05, 0) is 94.5 Å². The molecule has 13 heteroatoms. The molecule has 0 radical (unpaired) electrons. The lowest BCUT2D eigenvalue weighted by molar-refractivity contribution is -0.0125. The van der Waals surface area contributed by atoms with E-state index in [-0.39, 0.29) is 6.04 Å². The van der Waals surface area contributed by atoms with E-state index in [9.17, 15) is 0 Å². The minimum absolute atomic E-state index is 0.282. The molecule has 0 aromatic rings. The van der Waals surface area contributed by atoms with Crippen LogP contribution in [0.2, 0.25) is 4.28 Å². The number of nitrogens with one attached hydrogen (secondary N) is 1. The molecule has 10 nitrogen and oxygen atoms in total. The minimum Gasteiger partial charge on any atom is -0.373 e. The normalized spacial score (nSPS) is 14.3. The molecule has 1 N–H and O–H groups in total. The molecule has 0 bridgehead atoms. The molecule has 0 aliphatic heterocycles. The van der Waals surface area contributed by atoms with Crippen LogP contribution in [0.25, 0.3) is 0 Å². The van der Waals surface area contributed by atoms with Crippen LogP contribution < -0.4 is 5.32 Å². The molecule has 0 aromatic carbocycles. The van der Waals surface area contributed by atoms with Crippen molar-refractivity contribution in [3.05, 3.63) is 0 Å². The zero-order valence-corrected chi connectivity index (χ0v) is 30.8. The Kier molecular flexibility index (Phi) is 21.2. The van der Waals surface area contributed by atoms with Crippen molar-refractivity contribution in [2.24, 2.45) is 5.92 Å². The Bertz CT molecular complexity index is 518. The monoisotopic (exact) mass is 629 g/mol. The van der Waals surface area contributed by atoms with Gasteiger partial charge in [-0.3, -0.25) is 0 Å². The van der Waals surface area contributed by atoms with Crippen LogP contribution in [0.15, 0.2) is 0 Å². The summed E-state index contributed by atoms with van der Waals surface area (Å²) in [5, 5.41) is 3.73. The van der Waals surface area contributed by atoms with Crippen molar-refractivity contribution in [1.29, 1.82) is 0 Å². The zero-order chi connectivity index (χ0) is 30.7. The molecule has 242 valence electrons. The molecule has 1 unspecified atom stereocenters. The summed E-state index contributed by atoms with van der Waals surface area (Å²) in [6, 6.07) is 0.282. The standard InChI is InChI=1S/C27H63NO9Si3/c1-13-29-38(30-14-2,31-15-3)27(22-23-28-26(12)24-25(10)11,39(32-16-4,33-17-5)34-18-6)40(35-19-7,36-20-8)37-21-9/h25-26,28H,13-24H2,1-12H3. The SMILES string of the molecule is CCO[Si](OCC)(OCC)C(CCNC(C)CC(C)C)([Si](OCC)(OCC)OCC)[Si](OCC)(OCC)OCC. The van der Waals surface area contributed by atoms with Gasteiger partial charge < -0.3 is 45.2 Å². The summed E-state index contributed by atoms with van der Waals surface area (Å²) in [5.41, 5.74) is 0. The van der Waals surface area contributed by atoms with E-state index in [0.29, 0.717) is 78.3 Å². The summed E-state index contributed by atoms with van der Waals surface area (Å²) in [6.45, 7) is 28.0. The lowest BCUT2D eigenvalue weighted by atomic mass is 10.1. The van der Waals surface area contributed by atoms with Gasteiger partial charge in [0.05, 0.1) is 0 Å². The van der Waals surface area contributed by atoms with Crippen LogP contribution in [0.5, 0.6) is 0 Å².